The molecule has 8 heteroatoms. The highest BCUT2D eigenvalue weighted by atomic mass is 19.1. The molecule has 3 aliphatic heterocycles. The van der Waals surface area contributed by atoms with Gasteiger partial charge in [0.1, 0.15) is 5.82 Å². The second kappa shape index (κ2) is 10.0. The van der Waals surface area contributed by atoms with Crippen molar-refractivity contribution >= 4 is 17.5 Å². The number of nitrogens with one attached hydrogen (secondary N) is 1. The van der Waals surface area contributed by atoms with E-state index >= 15 is 0 Å². The van der Waals surface area contributed by atoms with Crippen molar-refractivity contribution in [3.05, 3.63) is 66.0 Å². The minimum absolute atomic E-state index is 0.0269. The molecule has 3 atom stereocenters. The average molecular weight is 480 g/mol. The molecule has 2 aromatic carbocycles. The Kier molecular flexibility index (Phi) is 6.86. The molecule has 0 aliphatic carbocycles. The van der Waals surface area contributed by atoms with Crippen molar-refractivity contribution in [2.24, 2.45) is 11.8 Å². The molecule has 186 valence electrons. The first-order chi connectivity index (χ1) is 16.9. The van der Waals surface area contributed by atoms with Crippen LogP contribution < -0.4 is 10.4 Å². The molecule has 0 saturated carbocycles. The van der Waals surface area contributed by atoms with Gasteiger partial charge in [0.05, 0.1) is 23.6 Å². The molecule has 3 aliphatic rings. The number of rotatable bonds is 5. The maximum Gasteiger partial charge on any atom is 0.247 e. The summed E-state index contributed by atoms with van der Waals surface area (Å²) < 4.78 is 14.1. The lowest BCUT2D eigenvalue weighted by Crippen LogP contribution is -2.60. The number of hydrazine groups is 1. The van der Waals surface area contributed by atoms with Gasteiger partial charge in [0, 0.05) is 57.4 Å². The Morgan fingerprint density at radius 2 is 1.69 bits per heavy atom. The SMILES string of the molecule is CC(C)N1CC(C(=O)N2CCN(Cc3ccccc3F)CC2)C2NN(c3ccccc3)C(=O)C2C1. The lowest BCUT2D eigenvalue weighted by Gasteiger charge is -2.43. The first-order valence-corrected chi connectivity index (χ1v) is 12.6. The number of fused-ring (bicyclic) bond motifs is 1. The number of piperazine rings is 1. The summed E-state index contributed by atoms with van der Waals surface area (Å²) in [6.07, 6.45) is 0. The van der Waals surface area contributed by atoms with Crippen LogP contribution in [-0.2, 0) is 16.1 Å². The zero-order valence-corrected chi connectivity index (χ0v) is 20.4. The van der Waals surface area contributed by atoms with Crippen LogP contribution in [0.25, 0.3) is 0 Å². The molecule has 0 bridgehead atoms. The van der Waals surface area contributed by atoms with Crippen molar-refractivity contribution in [3.8, 4) is 0 Å². The maximum absolute atomic E-state index is 14.1. The Labute approximate surface area is 206 Å². The zero-order chi connectivity index (χ0) is 24.5. The number of amides is 2. The number of carbonyl (C=O) groups is 2. The van der Waals surface area contributed by atoms with Crippen molar-refractivity contribution in [1.82, 2.24) is 20.1 Å². The summed E-state index contributed by atoms with van der Waals surface area (Å²) in [6.45, 7) is 8.70. The van der Waals surface area contributed by atoms with Gasteiger partial charge in [-0.15, -0.1) is 0 Å². The number of hydrogen-bond donors (Lipinski definition) is 1. The monoisotopic (exact) mass is 479 g/mol. The summed E-state index contributed by atoms with van der Waals surface area (Å²) in [4.78, 5) is 33.5. The number of nitrogens with zero attached hydrogens (tertiary/aromatic N) is 4. The van der Waals surface area contributed by atoms with E-state index in [1.54, 1.807) is 11.1 Å². The Morgan fingerprint density at radius 1 is 1.00 bits per heavy atom. The number of likely N-dealkylation sites (tertiary alicyclic amines) is 1. The second-order valence-corrected chi connectivity index (χ2v) is 10.1. The van der Waals surface area contributed by atoms with Gasteiger partial charge < -0.3 is 4.90 Å². The molecular weight excluding hydrogens is 445 g/mol. The summed E-state index contributed by atoms with van der Waals surface area (Å²) in [5, 5.41) is 1.63. The van der Waals surface area contributed by atoms with Gasteiger partial charge in [-0.1, -0.05) is 36.4 Å². The molecule has 1 N–H and O–H groups in total. The summed E-state index contributed by atoms with van der Waals surface area (Å²) >= 11 is 0. The smallest absolute Gasteiger partial charge is 0.247 e. The third-order valence-corrected chi connectivity index (χ3v) is 7.64. The predicted octanol–water partition coefficient (Wildman–Crippen LogP) is 2.35. The average Bonchev–Trinajstić information content (AvgIpc) is 3.22. The normalized spacial score (nSPS) is 25.8. The molecule has 5 rings (SSSR count). The van der Waals surface area contributed by atoms with Gasteiger partial charge in [-0.3, -0.25) is 19.4 Å². The lowest BCUT2D eigenvalue weighted by molar-refractivity contribution is -0.141. The van der Waals surface area contributed by atoms with Crippen molar-refractivity contribution in [2.75, 3.05) is 44.3 Å². The maximum atomic E-state index is 14.1. The topological polar surface area (TPSA) is 59.1 Å². The Hall–Kier alpha value is -2.81. The molecule has 35 heavy (non-hydrogen) atoms. The second-order valence-electron chi connectivity index (χ2n) is 10.1. The van der Waals surface area contributed by atoms with Gasteiger partial charge in [-0.2, -0.15) is 0 Å². The van der Waals surface area contributed by atoms with E-state index in [0.29, 0.717) is 51.4 Å². The fourth-order valence-electron chi connectivity index (χ4n) is 5.54. The highest BCUT2D eigenvalue weighted by Crippen LogP contribution is 2.33. The molecule has 3 saturated heterocycles. The van der Waals surface area contributed by atoms with E-state index in [9.17, 15) is 14.0 Å². The van der Waals surface area contributed by atoms with Crippen molar-refractivity contribution in [3.63, 3.8) is 0 Å². The predicted molar refractivity (Wildman–Crippen MR) is 133 cm³/mol. The van der Waals surface area contributed by atoms with E-state index in [0.717, 1.165) is 5.69 Å². The minimum Gasteiger partial charge on any atom is -0.340 e. The van der Waals surface area contributed by atoms with E-state index in [-0.39, 0.29) is 41.6 Å². The highest BCUT2D eigenvalue weighted by molar-refractivity contribution is 5.98. The number of piperidine rings is 1. The molecular formula is C27H34FN5O2. The summed E-state index contributed by atoms with van der Waals surface area (Å²) in [5.41, 5.74) is 4.88. The number of para-hydroxylation sites is 1. The van der Waals surface area contributed by atoms with E-state index in [2.05, 4.69) is 29.1 Å². The number of carbonyl (C=O) groups excluding carboxylic acids is 2. The summed E-state index contributed by atoms with van der Waals surface area (Å²) in [6, 6.07) is 16.5. The highest BCUT2D eigenvalue weighted by Gasteiger charge is 2.52. The minimum atomic E-state index is -0.299. The van der Waals surface area contributed by atoms with Gasteiger partial charge >= 0.3 is 0 Å². The first-order valence-electron chi connectivity index (χ1n) is 12.6. The van der Waals surface area contributed by atoms with Crippen LogP contribution >= 0.6 is 0 Å². The zero-order valence-electron chi connectivity index (χ0n) is 20.4. The van der Waals surface area contributed by atoms with Gasteiger partial charge in [-0.25, -0.2) is 14.8 Å². The summed E-state index contributed by atoms with van der Waals surface area (Å²) in [5.74, 6) is -0.618. The van der Waals surface area contributed by atoms with E-state index in [1.807, 2.05) is 47.4 Å². The molecule has 2 amide bonds. The summed E-state index contributed by atoms with van der Waals surface area (Å²) in [7, 11) is 0. The van der Waals surface area contributed by atoms with Crippen LogP contribution in [-0.4, -0.2) is 77.9 Å². The third-order valence-electron chi connectivity index (χ3n) is 7.64. The van der Waals surface area contributed by atoms with E-state index in [1.165, 1.54) is 6.07 Å². The largest absolute Gasteiger partial charge is 0.340 e. The van der Waals surface area contributed by atoms with Gasteiger partial charge in [0.15, 0.2) is 0 Å². The number of halogens is 1. The van der Waals surface area contributed by atoms with Crippen molar-refractivity contribution < 1.29 is 14.0 Å². The standard InChI is InChI=1S/C27H34FN5O2/c1-19(2)32-17-22(25-23(18-32)27(35)33(29-25)21-9-4-3-5-10-21)26(34)31-14-12-30(13-15-31)16-20-8-6-7-11-24(20)28/h3-11,19,22-23,25,29H,12-18H2,1-2H3. The Morgan fingerprint density at radius 3 is 2.37 bits per heavy atom. The van der Waals surface area contributed by atoms with E-state index < -0.39 is 0 Å². The first kappa shape index (κ1) is 23.9. The Balaban J connectivity index is 1.28. The van der Waals surface area contributed by atoms with Crippen LogP contribution in [0.3, 0.4) is 0 Å². The van der Waals surface area contributed by atoms with Crippen LogP contribution in [0.4, 0.5) is 10.1 Å². The van der Waals surface area contributed by atoms with Gasteiger partial charge in [0.2, 0.25) is 11.8 Å². The molecule has 3 heterocycles. The molecule has 0 radical (unpaired) electrons. The van der Waals surface area contributed by atoms with Crippen LogP contribution in [0.2, 0.25) is 0 Å². The molecule has 3 fully saturated rings. The molecule has 0 spiro atoms. The molecule has 0 aromatic heterocycles. The van der Waals surface area contributed by atoms with Crippen LogP contribution in [0.15, 0.2) is 54.6 Å². The quantitative estimate of drug-likeness (QED) is 0.714. The van der Waals surface area contributed by atoms with Crippen molar-refractivity contribution in [2.45, 2.75) is 32.5 Å². The number of hydrogen-bond acceptors (Lipinski definition) is 5. The number of anilines is 1. The van der Waals surface area contributed by atoms with Crippen molar-refractivity contribution in [1.29, 1.82) is 0 Å². The molecule has 7 nitrogen and oxygen atoms in total. The van der Waals surface area contributed by atoms with Crippen LogP contribution in [0.5, 0.6) is 0 Å². The fraction of sp³-hybridized carbons (Fsp3) is 0.481. The van der Waals surface area contributed by atoms with Crippen LogP contribution in [0.1, 0.15) is 19.4 Å². The lowest BCUT2D eigenvalue weighted by atomic mass is 9.83. The van der Waals surface area contributed by atoms with Gasteiger partial charge in [-0.05, 0) is 32.0 Å². The molecule has 2 aromatic rings. The van der Waals surface area contributed by atoms with E-state index in [4.69, 9.17) is 0 Å². The van der Waals surface area contributed by atoms with Gasteiger partial charge in [0.25, 0.3) is 0 Å². The number of benzene rings is 2. The Bertz CT molecular complexity index is 1060. The van der Waals surface area contributed by atoms with Crippen LogP contribution in [0, 0.1) is 17.7 Å². The fourth-order valence-corrected chi connectivity index (χ4v) is 5.54. The third kappa shape index (κ3) is 4.83. The molecule has 3 unspecified atom stereocenters.